The zero-order valence-corrected chi connectivity index (χ0v) is 22.6. The van der Waals surface area contributed by atoms with Gasteiger partial charge in [-0.3, -0.25) is 4.79 Å². The van der Waals surface area contributed by atoms with Gasteiger partial charge in [0.25, 0.3) is 0 Å². The van der Waals surface area contributed by atoms with Crippen LogP contribution in [0.3, 0.4) is 0 Å². The number of hydrogen-bond donors (Lipinski definition) is 2. The molecule has 202 valence electrons. The minimum absolute atomic E-state index is 0.00384. The highest BCUT2D eigenvalue weighted by Crippen LogP contribution is 2.30. The number of amides is 1. The average molecular weight is 531 g/mol. The van der Waals surface area contributed by atoms with Crippen molar-refractivity contribution in [1.29, 1.82) is 0 Å². The third kappa shape index (κ3) is 8.62. The van der Waals surface area contributed by atoms with Crippen molar-refractivity contribution in [2.75, 3.05) is 45.2 Å². The third-order valence-corrected chi connectivity index (χ3v) is 8.14. The highest BCUT2D eigenvalue weighted by atomic mass is 32.2. The Hall–Kier alpha value is -2.82. The summed E-state index contributed by atoms with van der Waals surface area (Å²) in [7, 11) is 0.297. The first-order valence-corrected chi connectivity index (χ1v) is 14.1. The molecule has 0 spiro atoms. The van der Waals surface area contributed by atoms with Gasteiger partial charge in [-0.25, -0.2) is 13.1 Å². The van der Waals surface area contributed by atoms with Crippen LogP contribution >= 0.6 is 0 Å². The summed E-state index contributed by atoms with van der Waals surface area (Å²) in [5.74, 6) is 0.0879. The lowest BCUT2D eigenvalue weighted by atomic mass is 9.81. The van der Waals surface area contributed by atoms with E-state index in [0.29, 0.717) is 63.1 Å². The van der Waals surface area contributed by atoms with E-state index in [0.717, 1.165) is 12.1 Å². The van der Waals surface area contributed by atoms with Gasteiger partial charge in [0, 0.05) is 53.8 Å². The van der Waals surface area contributed by atoms with Gasteiger partial charge in [0.05, 0.1) is 16.3 Å². The standard InChI is InChI=1S/C27H39N5O4S/c1-27(21-33)16-19-32(20-17-27)26(34)7-5-4-6-18-28-37(35,36)25-14-10-23(11-15-25)30-29-22-8-12-24(13-9-22)31(2)3/h8-15,28,33H,4-7,16-21H2,1-3H3/i1D. The van der Waals surface area contributed by atoms with E-state index >= 15 is 0 Å². The Morgan fingerprint density at radius 1 is 1.03 bits per heavy atom. The maximum absolute atomic E-state index is 12.6. The van der Waals surface area contributed by atoms with Gasteiger partial charge in [-0.2, -0.15) is 10.2 Å². The first kappa shape index (κ1) is 27.2. The maximum Gasteiger partial charge on any atom is 0.240 e. The van der Waals surface area contributed by atoms with E-state index in [-0.39, 0.29) is 29.7 Å². The molecule has 0 bridgehead atoms. The summed E-state index contributed by atoms with van der Waals surface area (Å²) in [4.78, 5) is 16.4. The Morgan fingerprint density at radius 2 is 1.62 bits per heavy atom. The number of aliphatic hydroxyl groups is 1. The second-order valence-corrected chi connectivity index (χ2v) is 11.6. The van der Waals surface area contributed by atoms with Gasteiger partial charge in [0.15, 0.2) is 0 Å². The van der Waals surface area contributed by atoms with Crippen LogP contribution in [0.1, 0.15) is 46.8 Å². The molecule has 0 atom stereocenters. The SMILES string of the molecule is [2H]CC1(CO)CCN(C(=O)CCCCCNS(=O)(=O)c2ccc(N=Nc3ccc(N(C)C)cc3)cc2)CC1. The fraction of sp³-hybridized carbons (Fsp3) is 0.519. The molecule has 0 saturated carbocycles. The van der Waals surface area contributed by atoms with E-state index in [4.69, 9.17) is 1.37 Å². The van der Waals surface area contributed by atoms with Gasteiger partial charge in [-0.1, -0.05) is 13.3 Å². The number of benzene rings is 2. The lowest BCUT2D eigenvalue weighted by molar-refractivity contribution is -0.134. The summed E-state index contributed by atoms with van der Waals surface area (Å²) in [6.07, 6.45) is 3.82. The molecule has 0 unspecified atom stereocenters. The molecule has 2 N–H and O–H groups in total. The van der Waals surface area contributed by atoms with Gasteiger partial charge in [-0.15, -0.1) is 0 Å². The van der Waals surface area contributed by atoms with Crippen LogP contribution in [-0.2, 0) is 14.8 Å². The molecule has 1 aliphatic heterocycles. The Bertz CT molecular complexity index is 1160. The van der Waals surface area contributed by atoms with E-state index in [9.17, 15) is 18.3 Å². The van der Waals surface area contributed by atoms with Crippen LogP contribution in [0.4, 0.5) is 17.1 Å². The van der Waals surface area contributed by atoms with Crippen LogP contribution in [0.5, 0.6) is 0 Å². The molecule has 9 nitrogen and oxygen atoms in total. The minimum atomic E-state index is -3.63. The molecule has 1 aliphatic rings. The third-order valence-electron chi connectivity index (χ3n) is 6.67. The van der Waals surface area contributed by atoms with Crippen LogP contribution in [0.2, 0.25) is 0 Å². The molecule has 2 aromatic rings. The first-order chi connectivity index (χ1) is 18.2. The van der Waals surface area contributed by atoms with Crippen molar-refractivity contribution in [3.63, 3.8) is 0 Å². The number of rotatable bonds is 12. The first-order valence-electron chi connectivity index (χ1n) is 13.4. The molecule has 0 radical (unpaired) electrons. The number of aliphatic hydroxyl groups excluding tert-OH is 1. The molecular weight excluding hydrogens is 490 g/mol. The largest absolute Gasteiger partial charge is 0.396 e. The van der Waals surface area contributed by atoms with Gasteiger partial charge < -0.3 is 14.9 Å². The molecule has 10 heteroatoms. The highest BCUT2D eigenvalue weighted by Gasteiger charge is 2.30. The van der Waals surface area contributed by atoms with Gasteiger partial charge in [0.1, 0.15) is 0 Å². The van der Waals surface area contributed by atoms with Gasteiger partial charge >= 0.3 is 0 Å². The number of anilines is 1. The lowest BCUT2D eigenvalue weighted by Crippen LogP contribution is -2.43. The normalized spacial score (nSPS) is 16.1. The molecule has 2 aromatic carbocycles. The number of sulfonamides is 1. The average Bonchev–Trinajstić information content (AvgIpc) is 2.94. The van der Waals surface area contributed by atoms with Crippen LogP contribution in [0, 0.1) is 5.41 Å². The van der Waals surface area contributed by atoms with Crippen molar-refractivity contribution in [1.82, 2.24) is 9.62 Å². The van der Waals surface area contributed by atoms with E-state index < -0.39 is 10.0 Å². The fourth-order valence-corrected chi connectivity index (χ4v) is 5.11. The van der Waals surface area contributed by atoms with Crippen LogP contribution < -0.4 is 9.62 Å². The molecule has 37 heavy (non-hydrogen) atoms. The molecule has 1 saturated heterocycles. The molecule has 0 aromatic heterocycles. The van der Waals surface area contributed by atoms with Crippen molar-refractivity contribution < 1.29 is 19.7 Å². The number of carbonyl (C=O) groups excluding carboxylic acids is 1. The number of likely N-dealkylation sites (tertiary alicyclic amines) is 1. The van der Waals surface area contributed by atoms with Crippen LogP contribution in [0.15, 0.2) is 63.7 Å². The van der Waals surface area contributed by atoms with Crippen molar-refractivity contribution in [3.05, 3.63) is 48.5 Å². The van der Waals surface area contributed by atoms with Crippen molar-refractivity contribution >= 4 is 33.0 Å². The van der Waals surface area contributed by atoms with E-state index in [1.54, 1.807) is 12.1 Å². The summed E-state index contributed by atoms with van der Waals surface area (Å²) in [5, 5.41) is 17.9. The predicted molar refractivity (Wildman–Crippen MR) is 146 cm³/mol. The molecular formula is C27H39N5O4S. The monoisotopic (exact) mass is 530 g/mol. The second-order valence-electron chi connectivity index (χ2n) is 9.85. The number of carbonyl (C=O) groups is 1. The van der Waals surface area contributed by atoms with Crippen LogP contribution in [0.25, 0.3) is 0 Å². The number of unbranched alkanes of at least 4 members (excludes halogenated alkanes) is 2. The van der Waals surface area contributed by atoms with Crippen LogP contribution in [-0.4, -0.2) is 64.7 Å². The quantitative estimate of drug-likeness (QED) is 0.307. The summed E-state index contributed by atoms with van der Waals surface area (Å²) >= 11 is 0. The Kier molecular flexibility index (Phi) is 9.65. The molecule has 1 heterocycles. The number of nitrogens with zero attached hydrogens (tertiary/aromatic N) is 4. The van der Waals surface area contributed by atoms with Crippen molar-refractivity contribution in [3.8, 4) is 0 Å². The highest BCUT2D eigenvalue weighted by molar-refractivity contribution is 7.89. The number of azo groups is 1. The van der Waals surface area contributed by atoms with Crippen molar-refractivity contribution in [2.24, 2.45) is 15.6 Å². The molecule has 1 amide bonds. The summed E-state index contributed by atoms with van der Waals surface area (Å²) in [5.41, 5.74) is 1.96. The zero-order valence-electron chi connectivity index (χ0n) is 22.8. The topological polar surface area (TPSA) is 115 Å². The maximum atomic E-state index is 12.6. The van der Waals surface area contributed by atoms with E-state index in [1.807, 2.05) is 48.2 Å². The lowest BCUT2D eigenvalue weighted by Gasteiger charge is -2.38. The zero-order chi connectivity index (χ0) is 27.6. The Labute approximate surface area is 222 Å². The minimum Gasteiger partial charge on any atom is -0.396 e. The van der Waals surface area contributed by atoms with Gasteiger partial charge in [-0.05, 0) is 79.6 Å². The number of nitrogens with one attached hydrogen (secondary N) is 1. The number of hydrogen-bond acceptors (Lipinski definition) is 7. The molecule has 3 rings (SSSR count). The van der Waals surface area contributed by atoms with Gasteiger partial charge in [0.2, 0.25) is 15.9 Å². The second kappa shape index (κ2) is 13.1. The number of piperidine rings is 1. The van der Waals surface area contributed by atoms with Crippen molar-refractivity contribution in [2.45, 2.75) is 50.3 Å². The van der Waals surface area contributed by atoms with E-state index in [2.05, 4.69) is 15.0 Å². The molecule has 1 fully saturated rings. The summed E-state index contributed by atoms with van der Waals surface area (Å²) in [6, 6.07) is 13.9. The Morgan fingerprint density at radius 3 is 2.16 bits per heavy atom. The fourth-order valence-electron chi connectivity index (χ4n) is 4.04. The smallest absolute Gasteiger partial charge is 0.240 e. The summed E-state index contributed by atoms with van der Waals surface area (Å²) < 4.78 is 35.5. The summed E-state index contributed by atoms with van der Waals surface area (Å²) in [6.45, 7) is 1.65. The Balaban J connectivity index is 1.37. The molecule has 0 aliphatic carbocycles. The van der Waals surface area contributed by atoms with E-state index in [1.165, 1.54) is 12.1 Å². The predicted octanol–water partition coefficient (Wildman–Crippen LogP) is 4.63.